The van der Waals surface area contributed by atoms with E-state index < -0.39 is 10.0 Å². The molecule has 0 saturated carbocycles. The van der Waals surface area contributed by atoms with Crippen LogP contribution >= 0.6 is 0 Å². The third-order valence-electron chi connectivity index (χ3n) is 7.31. The van der Waals surface area contributed by atoms with Crippen molar-refractivity contribution in [3.8, 4) is 17.1 Å². The number of ether oxygens (including phenoxy) is 1. The molecule has 0 atom stereocenters. The fourth-order valence-corrected chi connectivity index (χ4v) is 6.76. The predicted molar refractivity (Wildman–Crippen MR) is 160 cm³/mol. The normalized spacial score (nSPS) is 14.8. The van der Waals surface area contributed by atoms with Crippen molar-refractivity contribution in [3.05, 3.63) is 40.3 Å². The van der Waals surface area contributed by atoms with Gasteiger partial charge >= 0.3 is 0 Å². The van der Waals surface area contributed by atoms with Gasteiger partial charge in [0.05, 0.1) is 22.6 Å². The molecule has 222 valence electrons. The van der Waals surface area contributed by atoms with Crippen molar-refractivity contribution in [3.63, 3.8) is 0 Å². The first-order valence-electron chi connectivity index (χ1n) is 14.8. The van der Waals surface area contributed by atoms with Crippen molar-refractivity contribution in [2.75, 3.05) is 26.3 Å². The van der Waals surface area contributed by atoms with Crippen molar-refractivity contribution in [1.82, 2.24) is 18.8 Å². The van der Waals surface area contributed by atoms with Crippen molar-refractivity contribution in [2.45, 2.75) is 91.0 Å². The Morgan fingerprint density at radius 1 is 1.12 bits per heavy atom. The average Bonchev–Trinajstić information content (AvgIpc) is 3.34. The minimum Gasteiger partial charge on any atom is -0.493 e. The second-order valence-corrected chi connectivity index (χ2v) is 12.0. The lowest BCUT2D eigenvalue weighted by Crippen LogP contribution is -2.38. The largest absolute Gasteiger partial charge is 0.493 e. The monoisotopic (exact) mass is 574 g/mol. The molecular weight excluding hydrogens is 528 g/mol. The van der Waals surface area contributed by atoms with Gasteiger partial charge in [-0.05, 0) is 75.1 Å². The molecule has 1 fully saturated rings. The SMILES string of the molecule is CC.CCCOc1ccc(S(=O)(=O)N2CCC(CCCO)CC2)cc1-c1nc2c(CCC)cn(CC)c2c(=O)[nH]1. The number of piperidine rings is 1. The summed E-state index contributed by atoms with van der Waals surface area (Å²) in [5.74, 6) is 1.23. The van der Waals surface area contributed by atoms with Gasteiger partial charge in [-0.2, -0.15) is 4.31 Å². The predicted octanol–water partition coefficient (Wildman–Crippen LogP) is 5.35. The number of aliphatic hydroxyl groups excluding tert-OH is 1. The number of benzene rings is 1. The van der Waals surface area contributed by atoms with E-state index >= 15 is 0 Å². The molecule has 2 aromatic heterocycles. The molecule has 3 heterocycles. The summed E-state index contributed by atoms with van der Waals surface area (Å²) >= 11 is 0. The highest BCUT2D eigenvalue weighted by Gasteiger charge is 2.30. The number of aromatic amines is 1. The maximum Gasteiger partial charge on any atom is 0.275 e. The van der Waals surface area contributed by atoms with Crippen LogP contribution in [0.15, 0.2) is 34.1 Å². The number of sulfonamides is 1. The summed E-state index contributed by atoms with van der Waals surface area (Å²) in [7, 11) is -3.74. The molecule has 1 saturated heterocycles. The summed E-state index contributed by atoms with van der Waals surface area (Å²) in [6, 6.07) is 4.83. The van der Waals surface area contributed by atoms with E-state index in [2.05, 4.69) is 11.9 Å². The summed E-state index contributed by atoms with van der Waals surface area (Å²) in [6.07, 6.45) is 7.71. The van der Waals surface area contributed by atoms with E-state index in [9.17, 15) is 13.2 Å². The fraction of sp³-hybridized carbons (Fsp3) is 0.600. The van der Waals surface area contributed by atoms with Gasteiger partial charge < -0.3 is 19.4 Å². The number of hydrogen-bond acceptors (Lipinski definition) is 6. The number of nitrogens with zero attached hydrogens (tertiary/aromatic N) is 3. The zero-order valence-corrected chi connectivity index (χ0v) is 25.5. The Kier molecular flexibility index (Phi) is 11.8. The molecule has 0 unspecified atom stereocenters. The first-order valence-corrected chi connectivity index (χ1v) is 16.3. The van der Waals surface area contributed by atoms with Gasteiger partial charge in [-0.3, -0.25) is 4.79 Å². The average molecular weight is 575 g/mol. The van der Waals surface area contributed by atoms with Crippen molar-refractivity contribution in [1.29, 1.82) is 0 Å². The topological polar surface area (TPSA) is 118 Å². The molecule has 1 aliphatic heterocycles. The number of H-pyrrole nitrogens is 1. The van der Waals surface area contributed by atoms with Crippen LogP contribution in [0.1, 0.15) is 78.7 Å². The van der Waals surface area contributed by atoms with E-state index in [0.29, 0.717) is 60.3 Å². The molecule has 9 nitrogen and oxygen atoms in total. The third-order valence-corrected chi connectivity index (χ3v) is 9.20. The highest BCUT2D eigenvalue weighted by Crippen LogP contribution is 2.34. The van der Waals surface area contributed by atoms with Crippen LogP contribution in [0.4, 0.5) is 0 Å². The van der Waals surface area contributed by atoms with E-state index in [-0.39, 0.29) is 17.1 Å². The van der Waals surface area contributed by atoms with Crippen LogP contribution in [0, 0.1) is 5.92 Å². The van der Waals surface area contributed by atoms with Crippen LogP contribution in [0.2, 0.25) is 0 Å². The smallest absolute Gasteiger partial charge is 0.275 e. The Bertz CT molecular complexity index is 1410. The standard InChI is InChI=1S/C28H40N4O5S.C2H6/c1-4-8-21-19-31(6-3)26-25(21)29-27(30-28(26)34)23-18-22(10-11-24(23)37-17-5-2)38(35,36)32-14-12-20(13-15-32)9-7-16-33;1-2/h10-11,18-20,33H,4-9,12-17H2,1-3H3,(H,29,30,34);1-2H3. The lowest BCUT2D eigenvalue weighted by molar-refractivity contribution is 0.230. The molecule has 2 N–H and O–H groups in total. The summed E-state index contributed by atoms with van der Waals surface area (Å²) in [6.45, 7) is 12.3. The minimum atomic E-state index is -3.74. The first-order chi connectivity index (χ1) is 19.3. The Morgan fingerprint density at radius 2 is 1.85 bits per heavy atom. The highest BCUT2D eigenvalue weighted by molar-refractivity contribution is 7.89. The van der Waals surface area contributed by atoms with Gasteiger partial charge in [0.25, 0.3) is 5.56 Å². The molecule has 0 radical (unpaired) electrons. The number of aromatic nitrogens is 3. The summed E-state index contributed by atoms with van der Waals surface area (Å²) < 4.78 is 36.7. The highest BCUT2D eigenvalue weighted by atomic mass is 32.2. The van der Waals surface area contributed by atoms with E-state index in [4.69, 9.17) is 14.8 Å². The first kappa shape index (κ1) is 31.8. The maximum atomic E-state index is 13.6. The Hall–Kier alpha value is -2.69. The molecule has 4 rings (SSSR count). The number of hydrogen-bond donors (Lipinski definition) is 2. The van der Waals surface area contributed by atoms with E-state index in [0.717, 1.165) is 50.5 Å². The van der Waals surface area contributed by atoms with Crippen molar-refractivity contribution in [2.24, 2.45) is 5.92 Å². The molecule has 10 heteroatoms. The molecule has 0 amide bonds. The number of rotatable bonds is 12. The fourth-order valence-electron chi connectivity index (χ4n) is 5.26. The van der Waals surface area contributed by atoms with Crippen LogP contribution in [0.3, 0.4) is 0 Å². The van der Waals surface area contributed by atoms with Gasteiger partial charge in [0, 0.05) is 32.4 Å². The molecule has 40 heavy (non-hydrogen) atoms. The molecule has 0 aliphatic carbocycles. The van der Waals surface area contributed by atoms with Crippen LogP contribution in [0.5, 0.6) is 5.75 Å². The quantitative estimate of drug-likeness (QED) is 0.301. The van der Waals surface area contributed by atoms with E-state index in [1.165, 1.54) is 4.31 Å². The number of aliphatic hydroxyl groups is 1. The molecular formula is C30H46N4O5S. The number of fused-ring (bicyclic) bond motifs is 1. The van der Waals surface area contributed by atoms with E-state index in [1.54, 1.807) is 18.2 Å². The van der Waals surface area contributed by atoms with Crippen molar-refractivity contribution < 1.29 is 18.3 Å². The van der Waals surface area contributed by atoms with Gasteiger partial charge in [-0.25, -0.2) is 13.4 Å². The maximum absolute atomic E-state index is 13.6. The van der Waals surface area contributed by atoms with Crippen LogP contribution in [-0.4, -0.2) is 58.7 Å². The zero-order chi connectivity index (χ0) is 29.3. The van der Waals surface area contributed by atoms with Gasteiger partial charge in [0.2, 0.25) is 10.0 Å². The molecule has 3 aromatic rings. The lowest BCUT2D eigenvalue weighted by atomic mass is 9.93. The Balaban J connectivity index is 0.00000216. The molecule has 0 spiro atoms. The Morgan fingerprint density at radius 3 is 2.48 bits per heavy atom. The number of aryl methyl sites for hydroxylation is 2. The second-order valence-electron chi connectivity index (χ2n) is 10.0. The molecule has 1 aromatic carbocycles. The molecule has 1 aliphatic rings. The van der Waals surface area contributed by atoms with Gasteiger partial charge in [0.15, 0.2) is 0 Å². The second kappa shape index (κ2) is 14.8. The van der Waals surface area contributed by atoms with Gasteiger partial charge in [-0.15, -0.1) is 0 Å². The van der Waals surface area contributed by atoms with Gasteiger partial charge in [-0.1, -0.05) is 34.1 Å². The van der Waals surface area contributed by atoms with Gasteiger partial charge in [0.1, 0.15) is 17.1 Å². The van der Waals surface area contributed by atoms with Crippen molar-refractivity contribution >= 4 is 21.1 Å². The molecule has 0 bridgehead atoms. The van der Waals surface area contributed by atoms with Crippen LogP contribution < -0.4 is 10.3 Å². The zero-order valence-electron chi connectivity index (χ0n) is 24.7. The third kappa shape index (κ3) is 6.95. The summed E-state index contributed by atoms with van der Waals surface area (Å²) in [5.41, 5.74) is 2.38. The van der Waals surface area contributed by atoms with E-state index in [1.807, 2.05) is 38.5 Å². The summed E-state index contributed by atoms with van der Waals surface area (Å²) in [5, 5.41) is 9.11. The van der Waals surface area contributed by atoms with Crippen LogP contribution in [-0.2, 0) is 23.0 Å². The van der Waals surface area contributed by atoms with Crippen LogP contribution in [0.25, 0.3) is 22.4 Å². The minimum absolute atomic E-state index is 0.160. The summed E-state index contributed by atoms with van der Waals surface area (Å²) in [4.78, 5) is 21.1. The Labute approximate surface area is 238 Å². The number of nitrogens with one attached hydrogen (secondary N) is 1. The lowest BCUT2D eigenvalue weighted by Gasteiger charge is -2.31.